The summed E-state index contributed by atoms with van der Waals surface area (Å²) in [6.45, 7) is 1.83. The largest absolute Gasteiger partial charge is 0.349 e. The molecule has 0 radical (unpaired) electrons. The summed E-state index contributed by atoms with van der Waals surface area (Å²) in [4.78, 5) is 16.1. The molecule has 0 aliphatic carbocycles. The highest BCUT2D eigenvalue weighted by Gasteiger charge is 2.12. The summed E-state index contributed by atoms with van der Waals surface area (Å²) >= 11 is 1.35. The van der Waals surface area contributed by atoms with Gasteiger partial charge in [0.15, 0.2) is 0 Å². The van der Waals surface area contributed by atoms with Gasteiger partial charge in [-0.05, 0) is 36.8 Å². The fourth-order valence-electron chi connectivity index (χ4n) is 1.88. The topological polar surface area (TPSA) is 102 Å². The predicted molar refractivity (Wildman–Crippen MR) is 89.3 cm³/mol. The zero-order valence-corrected chi connectivity index (χ0v) is 14.1. The highest BCUT2D eigenvalue weighted by atomic mass is 32.2. The van der Waals surface area contributed by atoms with Crippen molar-refractivity contribution < 1.29 is 13.2 Å². The van der Waals surface area contributed by atoms with Crippen LogP contribution in [0.4, 0.5) is 0 Å². The average molecular weight is 351 g/mol. The van der Waals surface area contributed by atoms with Crippen molar-refractivity contribution in [2.24, 2.45) is 5.14 Å². The first-order valence-corrected chi connectivity index (χ1v) is 9.35. The van der Waals surface area contributed by atoms with Crippen LogP contribution in [-0.2, 0) is 14.8 Å². The van der Waals surface area contributed by atoms with Crippen LogP contribution in [0.1, 0.15) is 18.5 Å². The molecule has 1 aromatic carbocycles. The number of nitrogens with two attached hydrogens (primary N) is 1. The van der Waals surface area contributed by atoms with Crippen LogP contribution >= 0.6 is 11.8 Å². The maximum atomic E-state index is 12.0. The van der Waals surface area contributed by atoms with E-state index in [1.807, 2.05) is 25.1 Å². The number of nitrogens with one attached hydrogen (secondary N) is 1. The van der Waals surface area contributed by atoms with Crippen molar-refractivity contribution in [3.8, 4) is 0 Å². The lowest BCUT2D eigenvalue weighted by Gasteiger charge is -2.14. The van der Waals surface area contributed by atoms with E-state index in [9.17, 15) is 13.2 Å². The second-order valence-corrected chi connectivity index (χ2v) is 7.42. The van der Waals surface area contributed by atoms with Crippen molar-refractivity contribution in [2.75, 3.05) is 5.75 Å². The second kappa shape index (κ2) is 7.58. The zero-order valence-electron chi connectivity index (χ0n) is 12.5. The molecule has 0 saturated carbocycles. The lowest BCUT2D eigenvalue weighted by atomic mass is 10.1. The van der Waals surface area contributed by atoms with Gasteiger partial charge in [0.2, 0.25) is 15.9 Å². The van der Waals surface area contributed by atoms with Crippen molar-refractivity contribution in [3.63, 3.8) is 0 Å². The molecule has 23 heavy (non-hydrogen) atoms. The Morgan fingerprint density at radius 3 is 2.52 bits per heavy atom. The third-order valence-electron chi connectivity index (χ3n) is 3.08. The molecule has 122 valence electrons. The average Bonchev–Trinajstić information content (AvgIpc) is 2.53. The van der Waals surface area contributed by atoms with E-state index in [1.54, 1.807) is 18.3 Å². The van der Waals surface area contributed by atoms with Crippen LogP contribution in [0.25, 0.3) is 0 Å². The molecule has 0 bridgehead atoms. The molecule has 2 rings (SSSR count). The number of nitrogens with zero attached hydrogens (tertiary/aromatic N) is 1. The fraction of sp³-hybridized carbons (Fsp3) is 0.200. The second-order valence-electron chi connectivity index (χ2n) is 4.86. The number of hydrogen-bond donors (Lipinski definition) is 2. The molecule has 3 N–H and O–H groups in total. The fourth-order valence-corrected chi connectivity index (χ4v) is 3.07. The highest BCUT2D eigenvalue weighted by molar-refractivity contribution is 7.99. The summed E-state index contributed by atoms with van der Waals surface area (Å²) in [7, 11) is -3.71. The third-order valence-corrected chi connectivity index (χ3v) is 4.95. The molecular weight excluding hydrogens is 334 g/mol. The number of hydrogen-bond acceptors (Lipinski definition) is 5. The van der Waals surface area contributed by atoms with Crippen molar-refractivity contribution in [1.29, 1.82) is 0 Å². The van der Waals surface area contributed by atoms with Crippen molar-refractivity contribution in [1.82, 2.24) is 10.3 Å². The SMILES string of the molecule is C[C@@H](NC(=O)CSc1ccccn1)c1ccc(S(N)(=O)=O)cc1. The quantitative estimate of drug-likeness (QED) is 0.771. The Bertz CT molecular complexity index is 762. The van der Waals surface area contributed by atoms with E-state index in [2.05, 4.69) is 10.3 Å². The van der Waals surface area contributed by atoms with Crippen LogP contribution in [0.5, 0.6) is 0 Å². The van der Waals surface area contributed by atoms with Gasteiger partial charge in [0.25, 0.3) is 0 Å². The Labute approximate surface area is 139 Å². The molecule has 0 aliphatic rings. The number of primary sulfonamides is 1. The van der Waals surface area contributed by atoms with Gasteiger partial charge in [-0.2, -0.15) is 0 Å². The Morgan fingerprint density at radius 2 is 1.96 bits per heavy atom. The summed E-state index contributed by atoms with van der Waals surface area (Å²) in [5, 5.41) is 8.69. The molecule has 1 amide bonds. The summed E-state index contributed by atoms with van der Waals surface area (Å²) in [6, 6.07) is 11.4. The lowest BCUT2D eigenvalue weighted by molar-refractivity contribution is -0.119. The molecule has 0 aliphatic heterocycles. The molecule has 0 spiro atoms. The van der Waals surface area contributed by atoms with Crippen LogP contribution in [0, 0.1) is 0 Å². The molecule has 1 heterocycles. The van der Waals surface area contributed by atoms with Crippen LogP contribution in [-0.4, -0.2) is 25.1 Å². The normalized spacial score (nSPS) is 12.6. The first-order chi connectivity index (χ1) is 10.9. The number of carbonyl (C=O) groups excluding carboxylic acids is 1. The molecule has 8 heteroatoms. The van der Waals surface area contributed by atoms with Gasteiger partial charge in [-0.1, -0.05) is 30.0 Å². The summed E-state index contributed by atoms with van der Waals surface area (Å²) in [5.74, 6) is 0.139. The molecule has 0 saturated heterocycles. The van der Waals surface area contributed by atoms with Crippen LogP contribution < -0.4 is 10.5 Å². The molecule has 2 aromatic rings. The number of amides is 1. The lowest BCUT2D eigenvalue weighted by Crippen LogP contribution is -2.28. The molecule has 0 fully saturated rings. The molecule has 1 aromatic heterocycles. The minimum absolute atomic E-state index is 0.0467. The van der Waals surface area contributed by atoms with Gasteiger partial charge in [0.05, 0.1) is 21.7 Å². The molecule has 1 atom stereocenters. The monoisotopic (exact) mass is 351 g/mol. The summed E-state index contributed by atoms with van der Waals surface area (Å²) in [6.07, 6.45) is 1.68. The first-order valence-electron chi connectivity index (χ1n) is 6.82. The van der Waals surface area contributed by atoms with Crippen LogP contribution in [0.15, 0.2) is 58.6 Å². The maximum absolute atomic E-state index is 12.0. The van der Waals surface area contributed by atoms with E-state index >= 15 is 0 Å². The zero-order chi connectivity index (χ0) is 16.9. The van der Waals surface area contributed by atoms with Crippen molar-refractivity contribution in [3.05, 3.63) is 54.2 Å². The minimum Gasteiger partial charge on any atom is -0.349 e. The number of sulfonamides is 1. The smallest absolute Gasteiger partial charge is 0.238 e. The van der Waals surface area contributed by atoms with Crippen LogP contribution in [0.3, 0.4) is 0 Å². The number of carbonyl (C=O) groups is 1. The van der Waals surface area contributed by atoms with Gasteiger partial charge in [0, 0.05) is 6.20 Å². The van der Waals surface area contributed by atoms with Gasteiger partial charge in [0.1, 0.15) is 0 Å². The van der Waals surface area contributed by atoms with E-state index in [-0.39, 0.29) is 22.6 Å². The molecular formula is C15H17N3O3S2. The molecule has 6 nitrogen and oxygen atoms in total. The Balaban J connectivity index is 1.90. The van der Waals surface area contributed by atoms with Gasteiger partial charge >= 0.3 is 0 Å². The van der Waals surface area contributed by atoms with E-state index in [1.165, 1.54) is 23.9 Å². The Kier molecular flexibility index (Phi) is 5.75. The van der Waals surface area contributed by atoms with Gasteiger partial charge in [-0.3, -0.25) is 4.79 Å². The maximum Gasteiger partial charge on any atom is 0.238 e. The van der Waals surface area contributed by atoms with E-state index in [4.69, 9.17) is 5.14 Å². The van der Waals surface area contributed by atoms with Gasteiger partial charge < -0.3 is 5.32 Å². The number of rotatable bonds is 6. The van der Waals surface area contributed by atoms with Crippen LogP contribution in [0.2, 0.25) is 0 Å². The van der Waals surface area contributed by atoms with Gasteiger partial charge in [-0.25, -0.2) is 18.5 Å². The molecule has 0 unspecified atom stereocenters. The van der Waals surface area contributed by atoms with E-state index in [0.29, 0.717) is 0 Å². The third kappa shape index (κ3) is 5.34. The highest BCUT2D eigenvalue weighted by Crippen LogP contribution is 2.17. The standard InChI is InChI=1S/C15H17N3O3S2/c1-11(12-5-7-13(8-6-12)23(16,20)21)18-14(19)10-22-15-4-2-3-9-17-15/h2-9,11H,10H2,1H3,(H,18,19)(H2,16,20,21)/t11-/m1/s1. The number of benzene rings is 1. The number of aromatic nitrogens is 1. The number of pyridine rings is 1. The number of thioether (sulfide) groups is 1. The first kappa shape index (κ1) is 17.5. The van der Waals surface area contributed by atoms with Gasteiger partial charge in [-0.15, -0.1) is 0 Å². The Hall–Kier alpha value is -1.90. The Morgan fingerprint density at radius 1 is 1.26 bits per heavy atom. The van der Waals surface area contributed by atoms with Crippen molar-refractivity contribution in [2.45, 2.75) is 22.9 Å². The summed E-state index contributed by atoms with van der Waals surface area (Å²) in [5.41, 5.74) is 0.800. The van der Waals surface area contributed by atoms with Crippen molar-refractivity contribution >= 4 is 27.7 Å². The van der Waals surface area contributed by atoms with E-state index < -0.39 is 10.0 Å². The summed E-state index contributed by atoms with van der Waals surface area (Å²) < 4.78 is 22.4. The van der Waals surface area contributed by atoms with E-state index in [0.717, 1.165) is 10.6 Å². The minimum atomic E-state index is -3.71. The predicted octanol–water partition coefficient (Wildman–Crippen LogP) is 1.70.